The second-order valence-corrected chi connectivity index (χ2v) is 4.38. The number of carbonyl (C=O) groups excluding carboxylic acids is 1. The van der Waals surface area contributed by atoms with Crippen LogP contribution in [0.2, 0.25) is 0 Å². The Morgan fingerprint density at radius 2 is 2.44 bits per heavy atom. The van der Waals surface area contributed by atoms with Crippen molar-refractivity contribution in [1.29, 1.82) is 0 Å². The molecule has 3 rings (SSSR count). The molecule has 16 heavy (non-hydrogen) atoms. The Kier molecular flexibility index (Phi) is 2.13. The van der Waals surface area contributed by atoms with Crippen molar-refractivity contribution in [2.75, 3.05) is 13.2 Å². The highest BCUT2D eigenvalue weighted by Crippen LogP contribution is 2.33. The van der Waals surface area contributed by atoms with E-state index < -0.39 is 5.54 Å². The standard InChI is InChI=1S/C9H13N5O2/c15-7(6-1-2-6)10-9(3-4-16-5-9)8-11-13-14-12-8/h6H,1-5H2,(H,10,15)(H,11,12,13,14). The van der Waals surface area contributed by atoms with Gasteiger partial charge in [0, 0.05) is 18.9 Å². The number of H-pyrrole nitrogens is 1. The minimum atomic E-state index is -0.577. The Labute approximate surface area is 91.9 Å². The summed E-state index contributed by atoms with van der Waals surface area (Å²) >= 11 is 0. The third-order valence-corrected chi connectivity index (χ3v) is 3.11. The minimum Gasteiger partial charge on any atom is -0.378 e. The van der Waals surface area contributed by atoms with Crippen LogP contribution in [-0.4, -0.2) is 39.7 Å². The fraction of sp³-hybridized carbons (Fsp3) is 0.778. The molecule has 2 N–H and O–H groups in total. The van der Waals surface area contributed by atoms with Crippen LogP contribution in [0.4, 0.5) is 0 Å². The molecule has 0 aromatic carbocycles. The summed E-state index contributed by atoms with van der Waals surface area (Å²) in [5, 5.41) is 16.9. The predicted octanol–water partition coefficient (Wildman–Crippen LogP) is -0.659. The molecule has 1 unspecified atom stereocenters. The molecule has 0 bridgehead atoms. The van der Waals surface area contributed by atoms with Gasteiger partial charge in [0.25, 0.3) is 0 Å². The van der Waals surface area contributed by atoms with Crippen molar-refractivity contribution in [3.8, 4) is 0 Å². The van der Waals surface area contributed by atoms with Gasteiger partial charge in [-0.2, -0.15) is 5.21 Å². The molecular formula is C9H13N5O2. The van der Waals surface area contributed by atoms with Gasteiger partial charge >= 0.3 is 0 Å². The Balaban J connectivity index is 1.82. The van der Waals surface area contributed by atoms with Crippen LogP contribution in [-0.2, 0) is 15.1 Å². The lowest BCUT2D eigenvalue weighted by Gasteiger charge is -2.24. The van der Waals surface area contributed by atoms with Crippen LogP contribution >= 0.6 is 0 Å². The van der Waals surface area contributed by atoms with E-state index in [2.05, 4.69) is 25.9 Å². The third-order valence-electron chi connectivity index (χ3n) is 3.11. The molecule has 0 radical (unpaired) electrons. The van der Waals surface area contributed by atoms with Crippen LogP contribution in [0.3, 0.4) is 0 Å². The molecule has 2 fully saturated rings. The maximum absolute atomic E-state index is 11.8. The van der Waals surface area contributed by atoms with Crippen molar-refractivity contribution in [3.05, 3.63) is 5.82 Å². The van der Waals surface area contributed by atoms with Gasteiger partial charge in [0.15, 0.2) is 0 Å². The molecule has 7 nitrogen and oxygen atoms in total. The average Bonchev–Trinajstić information content (AvgIpc) is 2.80. The molecule has 7 heteroatoms. The van der Waals surface area contributed by atoms with E-state index in [1.54, 1.807) is 0 Å². The molecule has 1 aliphatic carbocycles. The van der Waals surface area contributed by atoms with Gasteiger partial charge in [0.2, 0.25) is 11.7 Å². The van der Waals surface area contributed by atoms with Crippen LogP contribution in [0.25, 0.3) is 0 Å². The normalized spacial score (nSPS) is 29.2. The maximum atomic E-state index is 11.8. The molecular weight excluding hydrogens is 210 g/mol. The summed E-state index contributed by atoms with van der Waals surface area (Å²) in [7, 11) is 0. The number of tetrazole rings is 1. The highest BCUT2D eigenvalue weighted by Gasteiger charge is 2.44. The first-order valence-corrected chi connectivity index (χ1v) is 5.44. The van der Waals surface area contributed by atoms with Gasteiger partial charge in [0.05, 0.1) is 6.61 Å². The Bertz CT molecular complexity index is 381. The van der Waals surface area contributed by atoms with Gasteiger partial charge in [-0.1, -0.05) is 5.21 Å². The fourth-order valence-corrected chi connectivity index (χ4v) is 1.94. The molecule has 2 heterocycles. The summed E-state index contributed by atoms with van der Waals surface area (Å²) < 4.78 is 5.35. The first-order valence-electron chi connectivity index (χ1n) is 5.44. The number of carbonyl (C=O) groups is 1. The summed E-state index contributed by atoms with van der Waals surface area (Å²) in [6.45, 7) is 1.03. The topological polar surface area (TPSA) is 92.8 Å². The van der Waals surface area contributed by atoms with Crippen molar-refractivity contribution in [1.82, 2.24) is 25.9 Å². The molecule has 1 aromatic heterocycles. The molecule has 0 spiro atoms. The summed E-state index contributed by atoms with van der Waals surface area (Å²) in [6, 6.07) is 0. The van der Waals surface area contributed by atoms with E-state index in [1.807, 2.05) is 0 Å². The molecule has 1 saturated carbocycles. The highest BCUT2D eigenvalue weighted by atomic mass is 16.5. The van der Waals surface area contributed by atoms with E-state index >= 15 is 0 Å². The molecule has 1 aromatic rings. The molecule has 1 atom stereocenters. The summed E-state index contributed by atoms with van der Waals surface area (Å²) in [5.41, 5.74) is -0.577. The van der Waals surface area contributed by atoms with Crippen molar-refractivity contribution in [2.24, 2.45) is 5.92 Å². The zero-order valence-electron chi connectivity index (χ0n) is 8.77. The van der Waals surface area contributed by atoms with E-state index in [0.717, 1.165) is 12.8 Å². The van der Waals surface area contributed by atoms with E-state index in [0.29, 0.717) is 25.5 Å². The SMILES string of the molecule is O=C(NC1(c2nn[nH]n2)CCOC1)C1CC1. The van der Waals surface area contributed by atoms with Crippen LogP contribution in [0.5, 0.6) is 0 Å². The second kappa shape index (κ2) is 3.51. The number of aromatic nitrogens is 4. The molecule has 1 saturated heterocycles. The summed E-state index contributed by atoms with van der Waals surface area (Å²) in [4.78, 5) is 11.8. The molecule has 1 amide bonds. The summed E-state index contributed by atoms with van der Waals surface area (Å²) in [6.07, 6.45) is 2.66. The fourth-order valence-electron chi connectivity index (χ4n) is 1.94. The Hall–Kier alpha value is -1.50. The highest BCUT2D eigenvalue weighted by molar-refractivity contribution is 5.81. The van der Waals surface area contributed by atoms with E-state index in [-0.39, 0.29) is 11.8 Å². The minimum absolute atomic E-state index is 0.0790. The smallest absolute Gasteiger partial charge is 0.223 e. The summed E-state index contributed by atoms with van der Waals surface area (Å²) in [5.74, 6) is 0.763. The van der Waals surface area contributed by atoms with Gasteiger partial charge in [-0.15, -0.1) is 10.2 Å². The van der Waals surface area contributed by atoms with E-state index in [4.69, 9.17) is 4.74 Å². The zero-order chi connectivity index (χ0) is 11.0. The third kappa shape index (κ3) is 1.57. The first-order chi connectivity index (χ1) is 7.80. The first kappa shape index (κ1) is 9.71. The Morgan fingerprint density at radius 1 is 1.56 bits per heavy atom. The van der Waals surface area contributed by atoms with Crippen molar-refractivity contribution in [2.45, 2.75) is 24.8 Å². The van der Waals surface area contributed by atoms with Crippen LogP contribution in [0.1, 0.15) is 25.1 Å². The van der Waals surface area contributed by atoms with Crippen LogP contribution in [0.15, 0.2) is 0 Å². The lowest BCUT2D eigenvalue weighted by molar-refractivity contribution is -0.124. The van der Waals surface area contributed by atoms with E-state index in [1.165, 1.54) is 0 Å². The number of hydrogen-bond donors (Lipinski definition) is 2. The molecule has 1 aliphatic heterocycles. The van der Waals surface area contributed by atoms with Crippen molar-refractivity contribution >= 4 is 5.91 Å². The van der Waals surface area contributed by atoms with E-state index in [9.17, 15) is 4.79 Å². The molecule has 86 valence electrons. The lowest BCUT2D eigenvalue weighted by Crippen LogP contribution is -2.48. The number of hydrogen-bond acceptors (Lipinski definition) is 5. The second-order valence-electron chi connectivity index (χ2n) is 4.38. The van der Waals surface area contributed by atoms with Gasteiger partial charge < -0.3 is 10.1 Å². The van der Waals surface area contributed by atoms with Gasteiger partial charge in [-0.05, 0) is 12.8 Å². The number of nitrogens with zero attached hydrogens (tertiary/aromatic N) is 3. The molecule has 2 aliphatic rings. The monoisotopic (exact) mass is 223 g/mol. The number of nitrogens with one attached hydrogen (secondary N) is 2. The van der Waals surface area contributed by atoms with Crippen LogP contribution < -0.4 is 5.32 Å². The van der Waals surface area contributed by atoms with Crippen LogP contribution in [0, 0.1) is 5.92 Å². The average molecular weight is 223 g/mol. The number of rotatable bonds is 3. The number of ether oxygens (including phenoxy) is 1. The van der Waals surface area contributed by atoms with Crippen molar-refractivity contribution < 1.29 is 9.53 Å². The predicted molar refractivity (Wildman–Crippen MR) is 52.2 cm³/mol. The van der Waals surface area contributed by atoms with Crippen molar-refractivity contribution in [3.63, 3.8) is 0 Å². The van der Waals surface area contributed by atoms with Gasteiger partial charge in [-0.25, -0.2) is 0 Å². The largest absolute Gasteiger partial charge is 0.378 e. The number of aromatic amines is 1. The van der Waals surface area contributed by atoms with Gasteiger partial charge in [-0.3, -0.25) is 4.79 Å². The zero-order valence-corrected chi connectivity index (χ0v) is 8.77. The maximum Gasteiger partial charge on any atom is 0.223 e. The quantitative estimate of drug-likeness (QED) is 0.709. The van der Waals surface area contributed by atoms with Gasteiger partial charge in [0.1, 0.15) is 5.54 Å². The Morgan fingerprint density at radius 3 is 3.00 bits per heavy atom. The lowest BCUT2D eigenvalue weighted by atomic mass is 9.97. The number of amides is 1.